The molecule has 170 valence electrons. The van der Waals surface area contributed by atoms with Crippen LogP contribution in [0.15, 0.2) is 53.4 Å². The van der Waals surface area contributed by atoms with Gasteiger partial charge >= 0.3 is 0 Å². The molecular weight excluding hydrogens is 430 g/mol. The van der Waals surface area contributed by atoms with Gasteiger partial charge in [0.25, 0.3) is 0 Å². The number of benzene rings is 2. The van der Waals surface area contributed by atoms with E-state index in [0.29, 0.717) is 25.3 Å². The summed E-state index contributed by atoms with van der Waals surface area (Å²) in [6.45, 7) is 1.97. The molecule has 0 bridgehead atoms. The van der Waals surface area contributed by atoms with Crippen molar-refractivity contribution in [2.24, 2.45) is 0 Å². The Balaban J connectivity index is 1.32. The van der Waals surface area contributed by atoms with E-state index in [2.05, 4.69) is 0 Å². The van der Waals surface area contributed by atoms with E-state index < -0.39 is 10.0 Å². The van der Waals surface area contributed by atoms with E-state index >= 15 is 0 Å². The number of sulfonamides is 1. The second-order valence-electron chi connectivity index (χ2n) is 7.95. The number of piperazine rings is 1. The van der Waals surface area contributed by atoms with Gasteiger partial charge in [-0.15, -0.1) is 0 Å². The smallest absolute Gasteiger partial charge is 0.243 e. The number of hydrogen-bond acceptors (Lipinski definition) is 5. The molecule has 2 aromatic carbocycles. The van der Waals surface area contributed by atoms with Crippen molar-refractivity contribution >= 4 is 27.5 Å². The molecule has 0 N–H and O–H groups in total. The van der Waals surface area contributed by atoms with Gasteiger partial charge in [-0.2, -0.15) is 4.31 Å². The van der Waals surface area contributed by atoms with Crippen LogP contribution in [0.2, 0.25) is 0 Å². The summed E-state index contributed by atoms with van der Waals surface area (Å²) in [6, 6.07) is 13.8. The molecule has 9 heteroatoms. The molecular formula is C23H27N3O5S. The molecule has 0 unspecified atom stereocenters. The molecule has 4 rings (SSSR count). The lowest BCUT2D eigenvalue weighted by atomic mass is 10.1. The minimum Gasteiger partial charge on any atom is -0.497 e. The monoisotopic (exact) mass is 457 g/mol. The molecule has 2 aliphatic heterocycles. The van der Waals surface area contributed by atoms with E-state index in [1.54, 1.807) is 21.9 Å². The van der Waals surface area contributed by atoms with Gasteiger partial charge < -0.3 is 14.5 Å². The van der Waals surface area contributed by atoms with Gasteiger partial charge in [-0.3, -0.25) is 9.59 Å². The maximum atomic E-state index is 12.9. The van der Waals surface area contributed by atoms with Gasteiger partial charge in [0.2, 0.25) is 21.8 Å². The molecule has 0 radical (unpaired) electrons. The summed E-state index contributed by atoms with van der Waals surface area (Å²) in [5, 5.41) is 0. The van der Waals surface area contributed by atoms with Gasteiger partial charge in [0.1, 0.15) is 5.75 Å². The van der Waals surface area contributed by atoms with E-state index in [-0.39, 0.29) is 36.2 Å². The Morgan fingerprint density at radius 2 is 1.59 bits per heavy atom. The lowest BCUT2D eigenvalue weighted by Gasteiger charge is -2.34. The van der Waals surface area contributed by atoms with Crippen LogP contribution in [0.25, 0.3) is 0 Å². The van der Waals surface area contributed by atoms with E-state index in [0.717, 1.165) is 24.2 Å². The number of carbonyl (C=O) groups is 2. The van der Waals surface area contributed by atoms with Crippen LogP contribution in [0.1, 0.15) is 18.4 Å². The van der Waals surface area contributed by atoms with Crippen molar-refractivity contribution in [1.29, 1.82) is 0 Å². The highest BCUT2D eigenvalue weighted by atomic mass is 32.2. The SMILES string of the molecule is COc1ccc(S(=O)(=O)N2CCN(C(=O)Cc3ccc(N4CCCC4=O)cc3)CC2)cc1. The Labute approximate surface area is 188 Å². The predicted octanol–water partition coefficient (Wildman–Crippen LogP) is 1.90. The molecule has 8 nitrogen and oxygen atoms in total. The highest BCUT2D eigenvalue weighted by Crippen LogP contribution is 2.23. The molecule has 2 saturated heterocycles. The fourth-order valence-electron chi connectivity index (χ4n) is 4.08. The minimum absolute atomic E-state index is 0.0310. The summed E-state index contributed by atoms with van der Waals surface area (Å²) in [5.74, 6) is 0.701. The number of nitrogens with zero attached hydrogens (tertiary/aromatic N) is 3. The number of rotatable bonds is 6. The predicted molar refractivity (Wildman–Crippen MR) is 120 cm³/mol. The number of ether oxygens (including phenoxy) is 1. The number of anilines is 1. The largest absolute Gasteiger partial charge is 0.497 e. The average molecular weight is 458 g/mol. The van der Waals surface area contributed by atoms with Gasteiger partial charge in [0.05, 0.1) is 18.4 Å². The van der Waals surface area contributed by atoms with Gasteiger partial charge in [-0.1, -0.05) is 12.1 Å². The van der Waals surface area contributed by atoms with Gasteiger partial charge in [-0.05, 0) is 48.4 Å². The van der Waals surface area contributed by atoms with Crippen molar-refractivity contribution in [3.8, 4) is 5.75 Å². The lowest BCUT2D eigenvalue weighted by Crippen LogP contribution is -2.50. The third kappa shape index (κ3) is 4.63. The summed E-state index contributed by atoms with van der Waals surface area (Å²) in [5.41, 5.74) is 1.74. The summed E-state index contributed by atoms with van der Waals surface area (Å²) in [4.78, 5) is 28.3. The number of hydrogen-bond donors (Lipinski definition) is 0. The second kappa shape index (κ2) is 9.30. The first-order valence-corrected chi connectivity index (χ1v) is 12.1. The molecule has 2 aliphatic rings. The van der Waals surface area contributed by atoms with Crippen molar-refractivity contribution < 1.29 is 22.7 Å². The molecule has 2 amide bonds. The molecule has 0 spiro atoms. The Kier molecular flexibility index (Phi) is 6.48. The normalized spacial score (nSPS) is 17.6. The van der Waals surface area contributed by atoms with Crippen LogP contribution in [-0.2, 0) is 26.0 Å². The maximum Gasteiger partial charge on any atom is 0.243 e. The third-order valence-corrected chi connectivity index (χ3v) is 7.88. The van der Waals surface area contributed by atoms with E-state index in [1.807, 2.05) is 24.3 Å². The average Bonchev–Trinajstić information content (AvgIpc) is 3.25. The van der Waals surface area contributed by atoms with Crippen molar-refractivity contribution in [2.45, 2.75) is 24.2 Å². The third-order valence-electron chi connectivity index (χ3n) is 5.97. The van der Waals surface area contributed by atoms with E-state index in [1.165, 1.54) is 23.5 Å². The van der Waals surface area contributed by atoms with E-state index in [9.17, 15) is 18.0 Å². The topological polar surface area (TPSA) is 87.2 Å². The Bertz CT molecular complexity index is 1080. The molecule has 2 heterocycles. The first-order valence-electron chi connectivity index (χ1n) is 10.7. The molecule has 0 saturated carbocycles. The van der Waals surface area contributed by atoms with Crippen LogP contribution in [0.5, 0.6) is 5.75 Å². The lowest BCUT2D eigenvalue weighted by molar-refractivity contribution is -0.131. The standard InChI is InChI=1S/C23H27N3O5S/c1-31-20-8-10-21(11-9-20)32(29,30)25-15-13-24(14-16-25)23(28)17-18-4-6-19(7-5-18)26-12-2-3-22(26)27/h4-11H,2-3,12-17H2,1H3. The molecule has 2 aromatic rings. The van der Waals surface area contributed by atoms with Crippen LogP contribution in [0.3, 0.4) is 0 Å². The number of amides is 2. The summed E-state index contributed by atoms with van der Waals surface area (Å²) >= 11 is 0. The zero-order chi connectivity index (χ0) is 22.7. The molecule has 0 aromatic heterocycles. The fraction of sp³-hybridized carbons (Fsp3) is 0.391. The van der Waals surface area contributed by atoms with Crippen LogP contribution in [0.4, 0.5) is 5.69 Å². The fourth-order valence-corrected chi connectivity index (χ4v) is 5.50. The highest BCUT2D eigenvalue weighted by Gasteiger charge is 2.30. The summed E-state index contributed by atoms with van der Waals surface area (Å²) < 4.78 is 32.2. The van der Waals surface area contributed by atoms with Crippen LogP contribution in [-0.4, -0.2) is 69.3 Å². The van der Waals surface area contributed by atoms with Crippen LogP contribution >= 0.6 is 0 Å². The molecule has 0 aliphatic carbocycles. The summed E-state index contributed by atoms with van der Waals surface area (Å²) in [6.07, 6.45) is 1.71. The quantitative estimate of drug-likeness (QED) is 0.661. The second-order valence-corrected chi connectivity index (χ2v) is 9.89. The Morgan fingerprint density at radius 1 is 0.938 bits per heavy atom. The zero-order valence-electron chi connectivity index (χ0n) is 18.1. The van der Waals surface area contributed by atoms with Gasteiger partial charge in [0.15, 0.2) is 0 Å². The molecule has 32 heavy (non-hydrogen) atoms. The number of carbonyl (C=O) groups excluding carboxylic acids is 2. The van der Waals surface area contributed by atoms with Crippen molar-refractivity contribution in [3.05, 3.63) is 54.1 Å². The first kappa shape index (κ1) is 22.3. The van der Waals surface area contributed by atoms with Gasteiger partial charge in [0, 0.05) is 44.8 Å². The Morgan fingerprint density at radius 3 is 2.16 bits per heavy atom. The first-order chi connectivity index (χ1) is 15.4. The molecule has 2 fully saturated rings. The summed E-state index contributed by atoms with van der Waals surface area (Å²) in [7, 11) is -2.07. The van der Waals surface area contributed by atoms with E-state index in [4.69, 9.17) is 4.74 Å². The Hall–Kier alpha value is -2.91. The van der Waals surface area contributed by atoms with Crippen LogP contribution < -0.4 is 9.64 Å². The van der Waals surface area contributed by atoms with Crippen molar-refractivity contribution in [1.82, 2.24) is 9.21 Å². The zero-order valence-corrected chi connectivity index (χ0v) is 18.9. The van der Waals surface area contributed by atoms with Crippen molar-refractivity contribution in [2.75, 3.05) is 44.7 Å². The molecule has 0 atom stereocenters. The van der Waals surface area contributed by atoms with Crippen molar-refractivity contribution in [3.63, 3.8) is 0 Å². The minimum atomic E-state index is -3.60. The maximum absolute atomic E-state index is 12.9. The highest BCUT2D eigenvalue weighted by molar-refractivity contribution is 7.89. The van der Waals surface area contributed by atoms with Gasteiger partial charge in [-0.25, -0.2) is 8.42 Å². The number of methoxy groups -OCH3 is 1. The van der Waals surface area contributed by atoms with Crippen LogP contribution in [0, 0.1) is 0 Å².